The smallest absolute Gasteiger partial charge is 0.331 e. The van der Waals surface area contributed by atoms with E-state index in [1.54, 1.807) is 18.2 Å². The number of methoxy groups -OCH3 is 2. The molecule has 0 bridgehead atoms. The highest BCUT2D eigenvalue weighted by Gasteiger charge is 2.33. The molecule has 4 amide bonds. The fraction of sp³-hybridized carbons (Fsp3) is 0.214. The van der Waals surface area contributed by atoms with Crippen LogP contribution in [0.15, 0.2) is 23.8 Å². The van der Waals surface area contributed by atoms with Gasteiger partial charge in [-0.25, -0.2) is 4.79 Å². The molecule has 0 saturated carbocycles. The minimum absolute atomic E-state index is 0.138. The number of benzene rings is 1. The standard InChI is InChI=1S/C14H14N2O5/c1-16-13(18)10(12(17)15-14(16)19)6-8-4-5-9(20-2)7-11(8)21-3/h4-7H,1-3H3,(H,15,17,19)/b10-6+. The van der Waals surface area contributed by atoms with E-state index in [9.17, 15) is 14.4 Å². The van der Waals surface area contributed by atoms with Crippen LogP contribution < -0.4 is 14.8 Å². The summed E-state index contributed by atoms with van der Waals surface area (Å²) >= 11 is 0. The summed E-state index contributed by atoms with van der Waals surface area (Å²) in [5.74, 6) is -0.370. The number of urea groups is 1. The van der Waals surface area contributed by atoms with Crippen molar-refractivity contribution < 1.29 is 23.9 Å². The maximum absolute atomic E-state index is 12.0. The summed E-state index contributed by atoms with van der Waals surface area (Å²) in [6.45, 7) is 0. The van der Waals surface area contributed by atoms with Gasteiger partial charge in [-0.2, -0.15) is 0 Å². The van der Waals surface area contributed by atoms with Crippen LogP contribution in [0, 0.1) is 0 Å². The number of rotatable bonds is 3. The van der Waals surface area contributed by atoms with Crippen LogP contribution in [-0.2, 0) is 9.59 Å². The highest BCUT2D eigenvalue weighted by Crippen LogP contribution is 2.27. The Kier molecular flexibility index (Phi) is 3.93. The molecule has 0 aromatic heterocycles. The van der Waals surface area contributed by atoms with Gasteiger partial charge in [-0.3, -0.25) is 19.8 Å². The van der Waals surface area contributed by atoms with E-state index >= 15 is 0 Å². The summed E-state index contributed by atoms with van der Waals surface area (Å²) in [6, 6.07) is 4.21. The quantitative estimate of drug-likeness (QED) is 0.657. The third kappa shape index (κ3) is 2.71. The maximum atomic E-state index is 12.0. The predicted octanol–water partition coefficient (Wildman–Crippen LogP) is 0.795. The molecule has 1 aliphatic rings. The molecule has 1 aliphatic heterocycles. The molecule has 0 spiro atoms. The first-order valence-electron chi connectivity index (χ1n) is 6.05. The van der Waals surface area contributed by atoms with Crippen molar-refractivity contribution in [3.8, 4) is 11.5 Å². The van der Waals surface area contributed by atoms with E-state index < -0.39 is 17.8 Å². The number of imide groups is 2. The fourth-order valence-electron chi connectivity index (χ4n) is 1.84. The van der Waals surface area contributed by atoms with E-state index in [2.05, 4.69) is 5.32 Å². The Morgan fingerprint density at radius 1 is 1.14 bits per heavy atom. The van der Waals surface area contributed by atoms with Crippen LogP contribution in [0.2, 0.25) is 0 Å². The summed E-state index contributed by atoms with van der Waals surface area (Å²) in [4.78, 5) is 35.9. The normalized spacial score (nSPS) is 17.0. The van der Waals surface area contributed by atoms with Gasteiger partial charge in [0.25, 0.3) is 11.8 Å². The Morgan fingerprint density at radius 2 is 1.86 bits per heavy atom. The van der Waals surface area contributed by atoms with Crippen LogP contribution in [0.1, 0.15) is 5.56 Å². The molecule has 110 valence electrons. The van der Waals surface area contributed by atoms with Crippen molar-refractivity contribution in [3.63, 3.8) is 0 Å². The van der Waals surface area contributed by atoms with E-state index in [1.165, 1.54) is 27.3 Å². The second-order valence-corrected chi connectivity index (χ2v) is 4.29. The summed E-state index contributed by atoms with van der Waals surface area (Å²) in [5.41, 5.74) is 0.389. The number of barbiturate groups is 1. The lowest BCUT2D eigenvalue weighted by Crippen LogP contribution is -2.52. The number of amides is 4. The third-order valence-electron chi connectivity index (χ3n) is 3.05. The number of carbonyl (C=O) groups is 3. The van der Waals surface area contributed by atoms with Crippen molar-refractivity contribution in [1.82, 2.24) is 10.2 Å². The molecule has 0 unspecified atom stereocenters. The minimum Gasteiger partial charge on any atom is -0.497 e. The lowest BCUT2D eigenvalue weighted by atomic mass is 10.1. The molecule has 0 aliphatic carbocycles. The molecule has 1 saturated heterocycles. The first-order chi connectivity index (χ1) is 9.97. The molecule has 7 nitrogen and oxygen atoms in total. The molecule has 2 rings (SSSR count). The minimum atomic E-state index is -0.746. The topological polar surface area (TPSA) is 84.9 Å². The average Bonchev–Trinajstić information content (AvgIpc) is 2.49. The second kappa shape index (κ2) is 5.66. The van der Waals surface area contributed by atoms with Gasteiger partial charge in [0.1, 0.15) is 17.1 Å². The van der Waals surface area contributed by atoms with Gasteiger partial charge in [-0.1, -0.05) is 0 Å². The molecule has 1 N–H and O–H groups in total. The van der Waals surface area contributed by atoms with Gasteiger partial charge in [0, 0.05) is 18.7 Å². The van der Waals surface area contributed by atoms with Crippen molar-refractivity contribution >= 4 is 23.9 Å². The zero-order chi connectivity index (χ0) is 15.6. The number of carbonyl (C=O) groups excluding carboxylic acids is 3. The Balaban J connectivity index is 2.45. The van der Waals surface area contributed by atoms with Crippen molar-refractivity contribution in [2.24, 2.45) is 0 Å². The van der Waals surface area contributed by atoms with E-state index in [1.807, 2.05) is 0 Å². The SMILES string of the molecule is COc1ccc(/C=C2\C(=O)NC(=O)N(C)C2=O)c(OC)c1. The monoisotopic (exact) mass is 290 g/mol. The van der Waals surface area contributed by atoms with Gasteiger partial charge in [-0.05, 0) is 18.2 Å². The number of hydrogen-bond donors (Lipinski definition) is 1. The van der Waals surface area contributed by atoms with Gasteiger partial charge in [0.05, 0.1) is 14.2 Å². The number of hydrogen-bond acceptors (Lipinski definition) is 5. The van der Waals surface area contributed by atoms with Crippen molar-refractivity contribution in [3.05, 3.63) is 29.3 Å². The highest BCUT2D eigenvalue weighted by atomic mass is 16.5. The van der Waals surface area contributed by atoms with Crippen LogP contribution in [0.25, 0.3) is 6.08 Å². The van der Waals surface area contributed by atoms with Crippen molar-refractivity contribution in [2.45, 2.75) is 0 Å². The third-order valence-corrected chi connectivity index (χ3v) is 3.05. The largest absolute Gasteiger partial charge is 0.497 e. The molecule has 0 atom stereocenters. The first-order valence-corrected chi connectivity index (χ1v) is 6.05. The second-order valence-electron chi connectivity index (χ2n) is 4.29. The number of likely N-dealkylation sites (N-methyl/N-ethyl adjacent to an activating group) is 1. The lowest BCUT2D eigenvalue weighted by molar-refractivity contribution is -0.129. The van der Waals surface area contributed by atoms with Gasteiger partial charge >= 0.3 is 6.03 Å². The molecule has 7 heteroatoms. The Bertz CT molecular complexity index is 651. The molecule has 1 aromatic rings. The first kappa shape index (κ1) is 14.6. The van der Waals surface area contributed by atoms with E-state index in [-0.39, 0.29) is 5.57 Å². The zero-order valence-corrected chi connectivity index (χ0v) is 11.8. The van der Waals surface area contributed by atoms with Crippen LogP contribution in [0.3, 0.4) is 0 Å². The van der Waals surface area contributed by atoms with E-state index in [4.69, 9.17) is 9.47 Å². The van der Waals surface area contributed by atoms with Crippen LogP contribution in [-0.4, -0.2) is 44.0 Å². The summed E-state index contributed by atoms with van der Waals surface area (Å²) in [5, 5.41) is 2.08. The molecule has 1 aromatic carbocycles. The van der Waals surface area contributed by atoms with Gasteiger partial charge in [0.15, 0.2) is 0 Å². The Morgan fingerprint density at radius 3 is 2.48 bits per heavy atom. The molecular weight excluding hydrogens is 276 g/mol. The van der Waals surface area contributed by atoms with Crippen LogP contribution >= 0.6 is 0 Å². The number of nitrogens with zero attached hydrogens (tertiary/aromatic N) is 1. The summed E-state index contributed by atoms with van der Waals surface area (Å²) < 4.78 is 10.3. The number of nitrogens with one attached hydrogen (secondary N) is 1. The molecule has 0 radical (unpaired) electrons. The molecule has 1 heterocycles. The van der Waals surface area contributed by atoms with Crippen molar-refractivity contribution in [2.75, 3.05) is 21.3 Å². The molecule has 1 fully saturated rings. The van der Waals surface area contributed by atoms with Gasteiger partial charge < -0.3 is 9.47 Å². The summed E-state index contributed by atoms with van der Waals surface area (Å²) in [7, 11) is 4.28. The van der Waals surface area contributed by atoms with Crippen molar-refractivity contribution in [1.29, 1.82) is 0 Å². The highest BCUT2D eigenvalue weighted by molar-refractivity contribution is 6.30. The van der Waals surface area contributed by atoms with Crippen LogP contribution in [0.4, 0.5) is 4.79 Å². The Hall–Kier alpha value is -2.83. The average molecular weight is 290 g/mol. The van der Waals surface area contributed by atoms with E-state index in [0.29, 0.717) is 17.1 Å². The lowest BCUT2D eigenvalue weighted by Gasteiger charge is -2.22. The van der Waals surface area contributed by atoms with Gasteiger partial charge in [-0.15, -0.1) is 0 Å². The van der Waals surface area contributed by atoms with Crippen LogP contribution in [0.5, 0.6) is 11.5 Å². The van der Waals surface area contributed by atoms with E-state index in [0.717, 1.165) is 4.90 Å². The fourth-order valence-corrected chi connectivity index (χ4v) is 1.84. The zero-order valence-electron chi connectivity index (χ0n) is 11.8. The number of ether oxygens (including phenoxy) is 2. The predicted molar refractivity (Wildman–Crippen MR) is 73.8 cm³/mol. The Labute approximate surface area is 121 Å². The summed E-state index contributed by atoms with van der Waals surface area (Å²) in [6.07, 6.45) is 1.37. The van der Waals surface area contributed by atoms with Gasteiger partial charge in [0.2, 0.25) is 0 Å². The molecular formula is C14H14N2O5. The maximum Gasteiger partial charge on any atom is 0.331 e. The molecule has 21 heavy (non-hydrogen) atoms.